The SMILES string of the molecule is Cc1cc(-c2ccccc2)ncc1C1=C(c2cc(-c3ccccc3-c3cnc(-c4ccccc4)cc3C)cc(-c3ccccc3-c3cnc(-c4ccccc4)cc3-c3ccccc3)c2)CC(C)C=C1. The lowest BCUT2D eigenvalue weighted by molar-refractivity contribution is 0.751. The van der Waals surface area contributed by atoms with Gasteiger partial charge in [0.25, 0.3) is 0 Å². The first-order chi connectivity index (χ1) is 33.9. The highest BCUT2D eigenvalue weighted by Gasteiger charge is 2.23. The van der Waals surface area contributed by atoms with Crippen LogP contribution >= 0.6 is 0 Å². The van der Waals surface area contributed by atoms with Crippen molar-refractivity contribution in [3.63, 3.8) is 0 Å². The zero-order valence-corrected chi connectivity index (χ0v) is 39.1. The molecule has 1 atom stereocenters. The van der Waals surface area contributed by atoms with Gasteiger partial charge in [0.15, 0.2) is 0 Å². The Morgan fingerprint density at radius 3 is 1.22 bits per heavy atom. The highest BCUT2D eigenvalue weighted by Crippen LogP contribution is 2.45. The van der Waals surface area contributed by atoms with E-state index >= 15 is 0 Å². The quantitative estimate of drug-likeness (QED) is 0.137. The maximum absolute atomic E-state index is 5.14. The molecule has 0 radical (unpaired) electrons. The summed E-state index contributed by atoms with van der Waals surface area (Å²) in [7, 11) is 0. The van der Waals surface area contributed by atoms with Crippen LogP contribution in [-0.4, -0.2) is 15.0 Å². The summed E-state index contributed by atoms with van der Waals surface area (Å²) >= 11 is 0. The smallest absolute Gasteiger partial charge is 0.0708 e. The van der Waals surface area contributed by atoms with Crippen molar-refractivity contribution in [2.24, 2.45) is 5.92 Å². The Bertz CT molecular complexity index is 3540. The van der Waals surface area contributed by atoms with Crippen LogP contribution in [0.3, 0.4) is 0 Å². The highest BCUT2D eigenvalue weighted by atomic mass is 14.7. The van der Waals surface area contributed by atoms with Gasteiger partial charge >= 0.3 is 0 Å². The highest BCUT2D eigenvalue weighted by molar-refractivity contribution is 6.01. The molecule has 69 heavy (non-hydrogen) atoms. The van der Waals surface area contributed by atoms with Crippen LogP contribution in [0.5, 0.6) is 0 Å². The number of allylic oxidation sites excluding steroid dienone is 4. The largest absolute Gasteiger partial charge is 0.256 e. The van der Waals surface area contributed by atoms with Gasteiger partial charge in [-0.15, -0.1) is 0 Å². The Morgan fingerprint density at radius 1 is 0.333 bits per heavy atom. The molecule has 3 heteroatoms. The molecule has 0 fully saturated rings. The van der Waals surface area contributed by atoms with E-state index in [0.29, 0.717) is 5.92 Å². The molecule has 0 saturated heterocycles. The molecule has 11 rings (SSSR count). The van der Waals surface area contributed by atoms with E-state index in [-0.39, 0.29) is 0 Å². The summed E-state index contributed by atoms with van der Waals surface area (Å²) in [5, 5.41) is 0. The fourth-order valence-corrected chi connectivity index (χ4v) is 9.94. The average Bonchev–Trinajstić information content (AvgIpc) is 3.41. The van der Waals surface area contributed by atoms with Gasteiger partial charge in [-0.25, -0.2) is 0 Å². The van der Waals surface area contributed by atoms with Gasteiger partial charge in [0, 0.05) is 52.0 Å². The number of hydrogen-bond donors (Lipinski definition) is 0. The maximum Gasteiger partial charge on any atom is 0.0708 e. The van der Waals surface area contributed by atoms with Crippen molar-refractivity contribution in [3.05, 3.63) is 259 Å². The summed E-state index contributed by atoms with van der Waals surface area (Å²) in [5.74, 6) is 0.353. The van der Waals surface area contributed by atoms with Crippen LogP contribution in [0.15, 0.2) is 237 Å². The summed E-state index contributed by atoms with van der Waals surface area (Å²) in [4.78, 5) is 15.2. The van der Waals surface area contributed by atoms with Crippen molar-refractivity contribution in [2.45, 2.75) is 27.2 Å². The summed E-state index contributed by atoms with van der Waals surface area (Å²) in [6, 6.07) is 73.6. The molecular weight excluding hydrogens is 835 g/mol. The lowest BCUT2D eigenvalue weighted by Crippen LogP contribution is -2.04. The molecular formula is C66H51N3. The molecule has 10 aromatic rings. The normalized spacial score (nSPS) is 13.4. The first-order valence-corrected chi connectivity index (χ1v) is 23.9. The predicted octanol–water partition coefficient (Wildman–Crippen LogP) is 17.3. The third-order valence-electron chi connectivity index (χ3n) is 13.5. The standard InChI is InChI=1S/C66H51N3/c1-44-32-33-58(62-42-68-65(36-46(62)3)49-24-12-6-13-25-49)59(34-44)53-38-51(54-28-16-18-30-56(54)61-41-67-64(35-45(61)2)48-22-10-5-11-23-48)37-52(39-53)55-29-17-19-31-57(55)63-43-69-66(50-26-14-7-15-27-50)40-60(63)47-20-8-4-9-21-47/h4-33,35-44H,34H2,1-3H3. The molecule has 0 saturated carbocycles. The van der Waals surface area contributed by atoms with E-state index in [1.807, 2.05) is 6.07 Å². The topological polar surface area (TPSA) is 38.7 Å². The lowest BCUT2D eigenvalue weighted by atomic mass is 9.80. The fraction of sp³-hybridized carbons (Fsp3) is 0.0758. The van der Waals surface area contributed by atoms with Crippen molar-refractivity contribution in [3.8, 4) is 89.4 Å². The molecule has 330 valence electrons. The molecule has 1 aliphatic rings. The van der Waals surface area contributed by atoms with E-state index in [9.17, 15) is 0 Å². The minimum Gasteiger partial charge on any atom is -0.256 e. The van der Waals surface area contributed by atoms with Crippen molar-refractivity contribution in [1.29, 1.82) is 0 Å². The fourth-order valence-electron chi connectivity index (χ4n) is 9.94. The number of hydrogen-bond acceptors (Lipinski definition) is 3. The van der Waals surface area contributed by atoms with Gasteiger partial charge in [-0.1, -0.05) is 189 Å². The molecule has 0 bridgehead atoms. The van der Waals surface area contributed by atoms with Crippen molar-refractivity contribution in [2.75, 3.05) is 0 Å². The van der Waals surface area contributed by atoms with Gasteiger partial charge in [0.1, 0.15) is 0 Å². The molecule has 0 amide bonds. The lowest BCUT2D eigenvalue weighted by Gasteiger charge is -2.24. The van der Waals surface area contributed by atoms with Crippen LogP contribution in [0.2, 0.25) is 0 Å². The molecule has 3 aromatic heterocycles. The van der Waals surface area contributed by atoms with Gasteiger partial charge in [-0.2, -0.15) is 0 Å². The first kappa shape index (κ1) is 43.1. The zero-order chi connectivity index (χ0) is 46.7. The molecule has 1 aliphatic carbocycles. The maximum atomic E-state index is 5.14. The summed E-state index contributed by atoms with van der Waals surface area (Å²) in [6.07, 6.45) is 11.8. The van der Waals surface area contributed by atoms with Gasteiger partial charge < -0.3 is 0 Å². The Hall–Kier alpha value is -8.53. The number of pyridine rings is 3. The van der Waals surface area contributed by atoms with E-state index in [2.05, 4.69) is 252 Å². The van der Waals surface area contributed by atoms with Gasteiger partial charge in [-0.05, 0) is 135 Å². The minimum absolute atomic E-state index is 0.353. The molecule has 0 N–H and O–H groups in total. The van der Waals surface area contributed by atoms with Crippen molar-refractivity contribution >= 4 is 11.1 Å². The Labute approximate surface area is 406 Å². The Morgan fingerprint density at radius 2 is 0.725 bits per heavy atom. The van der Waals surface area contributed by atoms with Crippen LogP contribution in [0.4, 0.5) is 0 Å². The summed E-state index contributed by atoms with van der Waals surface area (Å²) in [6.45, 7) is 6.74. The number of benzene rings is 7. The second kappa shape index (κ2) is 19.0. The van der Waals surface area contributed by atoms with E-state index < -0.39 is 0 Å². The van der Waals surface area contributed by atoms with E-state index in [1.54, 1.807) is 0 Å². The third kappa shape index (κ3) is 8.79. The molecule has 7 aromatic carbocycles. The molecule has 1 unspecified atom stereocenters. The number of aryl methyl sites for hydroxylation is 2. The minimum atomic E-state index is 0.353. The molecule has 0 aliphatic heterocycles. The van der Waals surface area contributed by atoms with Gasteiger partial charge in [0.05, 0.1) is 17.1 Å². The van der Waals surface area contributed by atoms with E-state index in [1.165, 1.54) is 27.8 Å². The van der Waals surface area contributed by atoms with E-state index in [0.717, 1.165) is 101 Å². The number of rotatable bonds is 10. The van der Waals surface area contributed by atoms with Crippen LogP contribution in [0, 0.1) is 19.8 Å². The van der Waals surface area contributed by atoms with Crippen LogP contribution in [0.1, 0.15) is 35.6 Å². The summed E-state index contributed by atoms with van der Waals surface area (Å²) < 4.78 is 0. The van der Waals surface area contributed by atoms with Crippen LogP contribution in [-0.2, 0) is 0 Å². The second-order valence-electron chi connectivity index (χ2n) is 18.2. The molecule has 3 heterocycles. The Balaban J connectivity index is 1.13. The number of nitrogens with zero attached hydrogens (tertiary/aromatic N) is 3. The molecule has 3 nitrogen and oxygen atoms in total. The monoisotopic (exact) mass is 885 g/mol. The van der Waals surface area contributed by atoms with Gasteiger partial charge in [-0.3, -0.25) is 15.0 Å². The Kier molecular flexibility index (Phi) is 11.9. The third-order valence-corrected chi connectivity index (χ3v) is 13.5. The first-order valence-electron chi connectivity index (χ1n) is 23.9. The van der Waals surface area contributed by atoms with Crippen LogP contribution in [0.25, 0.3) is 101 Å². The predicted molar refractivity (Wildman–Crippen MR) is 289 cm³/mol. The zero-order valence-electron chi connectivity index (χ0n) is 39.1. The average molecular weight is 886 g/mol. The van der Waals surface area contributed by atoms with Crippen molar-refractivity contribution in [1.82, 2.24) is 15.0 Å². The van der Waals surface area contributed by atoms with Gasteiger partial charge in [0.2, 0.25) is 0 Å². The second-order valence-corrected chi connectivity index (χ2v) is 18.2. The van der Waals surface area contributed by atoms with Crippen LogP contribution < -0.4 is 0 Å². The summed E-state index contributed by atoms with van der Waals surface area (Å²) in [5.41, 5.74) is 24.8. The van der Waals surface area contributed by atoms with E-state index in [4.69, 9.17) is 15.0 Å². The molecule has 0 spiro atoms. The number of aromatic nitrogens is 3. The van der Waals surface area contributed by atoms with Crippen molar-refractivity contribution < 1.29 is 0 Å².